The Kier molecular flexibility index (Phi) is 11.2. The van der Waals surface area contributed by atoms with Crippen molar-refractivity contribution in [2.45, 2.75) is 127 Å². The van der Waals surface area contributed by atoms with E-state index in [-0.39, 0.29) is 23.4 Å². The maximum absolute atomic E-state index is 12.2. The van der Waals surface area contributed by atoms with Gasteiger partial charge in [0.25, 0.3) is 0 Å². The predicted octanol–water partition coefficient (Wildman–Crippen LogP) is 7.78. The molecule has 0 aromatic heterocycles. The van der Waals surface area contributed by atoms with Crippen molar-refractivity contribution in [1.82, 2.24) is 0 Å². The molecule has 0 amide bonds. The molecule has 0 radical (unpaired) electrons. The van der Waals surface area contributed by atoms with Crippen LogP contribution in [0.4, 0.5) is 0 Å². The summed E-state index contributed by atoms with van der Waals surface area (Å²) in [5.41, 5.74) is 0.0622. The van der Waals surface area contributed by atoms with Crippen LogP contribution in [0.2, 0.25) is 18.1 Å². The molecule has 8 heteroatoms. The van der Waals surface area contributed by atoms with Crippen molar-refractivity contribution in [1.29, 1.82) is 0 Å². The third-order valence-corrected chi connectivity index (χ3v) is 14.5. The Labute approximate surface area is 271 Å². The van der Waals surface area contributed by atoms with Crippen LogP contribution in [0, 0.1) is 0 Å². The molecule has 0 aliphatic carbocycles. The van der Waals surface area contributed by atoms with Crippen molar-refractivity contribution in [2.24, 2.45) is 0 Å². The van der Waals surface area contributed by atoms with Crippen molar-refractivity contribution < 1.29 is 32.9 Å². The highest BCUT2D eigenvalue weighted by Gasteiger charge is 2.60. The maximum Gasteiger partial charge on any atom is 0.330 e. The summed E-state index contributed by atoms with van der Waals surface area (Å²) in [6.07, 6.45) is 4.34. The van der Waals surface area contributed by atoms with Gasteiger partial charge in [-0.1, -0.05) is 81.4 Å². The van der Waals surface area contributed by atoms with Crippen LogP contribution in [0.1, 0.15) is 71.9 Å². The fourth-order valence-electron chi connectivity index (χ4n) is 6.05. The summed E-state index contributed by atoms with van der Waals surface area (Å²) in [6.45, 7) is 19.0. The molecule has 2 aliphatic rings. The molecule has 2 aromatic rings. The van der Waals surface area contributed by atoms with E-state index >= 15 is 0 Å². The molecule has 2 aliphatic heterocycles. The molecule has 2 aromatic carbocycles. The summed E-state index contributed by atoms with van der Waals surface area (Å²) in [5, 5.41) is -0.00484. The second kappa shape index (κ2) is 14.2. The number of hydrogen-bond acceptors (Lipinski definition) is 7. The Hall–Kier alpha value is -2.33. The lowest BCUT2D eigenvalue weighted by Gasteiger charge is -2.60. The summed E-state index contributed by atoms with van der Waals surface area (Å²) in [7, 11) is -0.834. The number of carbonyl (C=O) groups is 1. The molecule has 0 bridgehead atoms. The molecule has 248 valence electrons. The molecule has 2 heterocycles. The Balaban J connectivity index is 1.61. The van der Waals surface area contributed by atoms with E-state index in [0.717, 1.165) is 11.1 Å². The molecular formula is C37H54O7Si. The zero-order valence-corrected chi connectivity index (χ0v) is 29.8. The lowest BCUT2D eigenvalue weighted by atomic mass is 9.73. The summed E-state index contributed by atoms with van der Waals surface area (Å²) >= 11 is 0. The van der Waals surface area contributed by atoms with Gasteiger partial charge in [0.1, 0.15) is 5.60 Å². The van der Waals surface area contributed by atoms with E-state index in [9.17, 15) is 4.79 Å². The average molecular weight is 639 g/mol. The molecule has 2 fully saturated rings. The number of rotatable bonds is 12. The first-order valence-corrected chi connectivity index (χ1v) is 19.1. The Bertz CT molecular complexity index is 1280. The van der Waals surface area contributed by atoms with Gasteiger partial charge in [-0.15, -0.1) is 0 Å². The van der Waals surface area contributed by atoms with Crippen molar-refractivity contribution >= 4 is 14.3 Å². The number of ether oxygens (including phenoxy) is 5. The molecule has 4 rings (SSSR count). The van der Waals surface area contributed by atoms with E-state index in [0.29, 0.717) is 39.1 Å². The zero-order chi connectivity index (χ0) is 32.9. The number of carbonyl (C=O) groups excluding carboxylic acids is 1. The zero-order valence-electron chi connectivity index (χ0n) is 28.8. The fourth-order valence-corrected chi connectivity index (χ4v) is 7.44. The largest absolute Gasteiger partial charge is 0.466 e. The smallest absolute Gasteiger partial charge is 0.330 e. The van der Waals surface area contributed by atoms with Crippen LogP contribution in [-0.4, -0.2) is 63.1 Å². The van der Waals surface area contributed by atoms with Crippen LogP contribution in [0.5, 0.6) is 0 Å². The van der Waals surface area contributed by atoms with E-state index in [2.05, 4.69) is 72.0 Å². The standard InChI is InChI=1S/C37H54O7Si/c1-34(2,3)45(8,9)43-31-24-30-37(6,44-36(31,5)21-20-33(38)39-7)25-32(41-27-29-18-14-11-15-19-29)35(4,42-30)22-23-40-26-28-16-12-10-13-17-28/h10-21,30-32H,22-27H2,1-9H3/b21-20+/t30-,31+,32-,35+,36-,37+/m1/s1. The van der Waals surface area contributed by atoms with Crippen molar-refractivity contribution in [3.8, 4) is 0 Å². The quantitative estimate of drug-likeness (QED) is 0.102. The first-order chi connectivity index (χ1) is 21.1. The molecule has 0 saturated carbocycles. The summed E-state index contributed by atoms with van der Waals surface area (Å²) in [5.74, 6) is -0.426. The number of fused-ring (bicyclic) bond motifs is 1. The summed E-state index contributed by atoms with van der Waals surface area (Å²) < 4.78 is 38.9. The van der Waals surface area contributed by atoms with E-state index in [1.54, 1.807) is 0 Å². The number of methoxy groups -OCH3 is 1. The van der Waals surface area contributed by atoms with E-state index in [4.69, 9.17) is 28.1 Å². The Morgan fingerprint density at radius 1 is 0.956 bits per heavy atom. The van der Waals surface area contributed by atoms with Crippen molar-refractivity contribution in [3.05, 3.63) is 83.9 Å². The van der Waals surface area contributed by atoms with Gasteiger partial charge in [0.15, 0.2) is 8.32 Å². The van der Waals surface area contributed by atoms with E-state index < -0.39 is 31.1 Å². The molecule has 45 heavy (non-hydrogen) atoms. The number of hydrogen-bond donors (Lipinski definition) is 0. The monoisotopic (exact) mass is 638 g/mol. The van der Waals surface area contributed by atoms with Crippen LogP contribution in [-0.2, 0) is 46.1 Å². The summed E-state index contributed by atoms with van der Waals surface area (Å²) in [6, 6.07) is 20.4. The first-order valence-electron chi connectivity index (χ1n) is 16.2. The van der Waals surface area contributed by atoms with Gasteiger partial charge in [-0.2, -0.15) is 0 Å². The average Bonchev–Trinajstić information content (AvgIpc) is 2.99. The predicted molar refractivity (Wildman–Crippen MR) is 179 cm³/mol. The lowest BCUT2D eigenvalue weighted by molar-refractivity contribution is -0.329. The van der Waals surface area contributed by atoms with Gasteiger partial charge >= 0.3 is 5.97 Å². The van der Waals surface area contributed by atoms with Crippen LogP contribution < -0.4 is 0 Å². The third-order valence-electron chi connectivity index (χ3n) is 10.0. The topological polar surface area (TPSA) is 72.5 Å². The van der Waals surface area contributed by atoms with Crippen LogP contribution in [0.25, 0.3) is 0 Å². The SMILES string of the molecule is COC(=O)/C=C/[C@@]1(C)O[C@@]2(C)C[C@@H](OCc3ccccc3)[C@](C)(CCOCc3ccccc3)O[C@@H]2C[C@@H]1O[Si](C)(C)C(C)(C)C. The van der Waals surface area contributed by atoms with Crippen LogP contribution >= 0.6 is 0 Å². The molecule has 6 atom stereocenters. The Morgan fingerprint density at radius 2 is 1.56 bits per heavy atom. The van der Waals surface area contributed by atoms with Gasteiger partial charge in [-0.25, -0.2) is 4.79 Å². The maximum atomic E-state index is 12.2. The number of benzene rings is 2. The lowest BCUT2D eigenvalue weighted by Crippen LogP contribution is -2.69. The molecule has 0 unspecified atom stereocenters. The number of esters is 1. The highest BCUT2D eigenvalue weighted by molar-refractivity contribution is 6.74. The van der Waals surface area contributed by atoms with Gasteiger partial charge in [0, 0.05) is 31.9 Å². The highest BCUT2D eigenvalue weighted by Crippen LogP contribution is 2.51. The fraction of sp³-hybridized carbons (Fsp3) is 0.595. The molecule has 0 spiro atoms. The molecule has 2 saturated heterocycles. The molecule has 7 nitrogen and oxygen atoms in total. The van der Waals surface area contributed by atoms with Gasteiger partial charge in [-0.3, -0.25) is 0 Å². The minimum Gasteiger partial charge on any atom is -0.466 e. The van der Waals surface area contributed by atoms with Crippen LogP contribution in [0.15, 0.2) is 72.8 Å². The highest BCUT2D eigenvalue weighted by atomic mass is 28.4. The minimum atomic E-state index is -2.21. The second-order valence-electron chi connectivity index (χ2n) is 14.8. The normalized spacial score (nSPS) is 30.6. The molecular weight excluding hydrogens is 584 g/mol. The van der Waals surface area contributed by atoms with Gasteiger partial charge in [0.2, 0.25) is 0 Å². The first kappa shape index (κ1) is 35.5. The van der Waals surface area contributed by atoms with Crippen molar-refractivity contribution in [2.75, 3.05) is 13.7 Å². The van der Waals surface area contributed by atoms with E-state index in [1.165, 1.54) is 13.2 Å². The minimum absolute atomic E-state index is 0.00484. The van der Waals surface area contributed by atoms with E-state index in [1.807, 2.05) is 49.4 Å². The summed E-state index contributed by atoms with van der Waals surface area (Å²) in [4.78, 5) is 12.2. The second-order valence-corrected chi connectivity index (χ2v) is 19.5. The van der Waals surface area contributed by atoms with Gasteiger partial charge < -0.3 is 28.1 Å². The van der Waals surface area contributed by atoms with Gasteiger partial charge in [-0.05, 0) is 56.1 Å². The third kappa shape index (κ3) is 8.73. The van der Waals surface area contributed by atoms with Gasteiger partial charge in [0.05, 0.1) is 49.8 Å². The molecule has 0 N–H and O–H groups in total. The van der Waals surface area contributed by atoms with Crippen molar-refractivity contribution in [3.63, 3.8) is 0 Å². The Morgan fingerprint density at radius 3 is 2.13 bits per heavy atom. The van der Waals surface area contributed by atoms with Crippen LogP contribution in [0.3, 0.4) is 0 Å².